The van der Waals surface area contributed by atoms with Crippen LogP contribution >= 0.6 is 0 Å². The Labute approximate surface area is 171 Å². The van der Waals surface area contributed by atoms with Crippen LogP contribution in [0.5, 0.6) is 0 Å². The molecule has 2 aliphatic heterocycles. The van der Waals surface area contributed by atoms with Crippen molar-refractivity contribution in [2.75, 3.05) is 12.3 Å². The Morgan fingerprint density at radius 1 is 1.43 bits per heavy atom. The van der Waals surface area contributed by atoms with E-state index in [4.69, 9.17) is 25.5 Å². The van der Waals surface area contributed by atoms with E-state index >= 15 is 0 Å². The van der Waals surface area contributed by atoms with E-state index in [0.29, 0.717) is 0 Å². The number of fused-ring (bicyclic) bond motifs is 1. The number of nitrogen functional groups attached to an aromatic ring is 1. The lowest BCUT2D eigenvalue weighted by molar-refractivity contribution is -0.194. The number of carbonyl (C=O) groups is 1. The van der Waals surface area contributed by atoms with Gasteiger partial charge in [-0.15, -0.1) is 0 Å². The van der Waals surface area contributed by atoms with Gasteiger partial charge in [-0.1, -0.05) is 5.11 Å². The SMILES string of the molecule is CC(C)(C)C(=O)O[C@@H]1[C@@H]2O[C@H](CO)[C@H](O)[C@@H](N=[N+]=[N-])[C@H]2O[C@H]1n1ccc(N)nc1=O. The molecular formula is C17H24N6O7. The van der Waals surface area contributed by atoms with E-state index in [-0.39, 0.29) is 5.82 Å². The minimum Gasteiger partial charge on any atom is -0.454 e. The highest BCUT2D eigenvalue weighted by molar-refractivity contribution is 5.75. The van der Waals surface area contributed by atoms with Gasteiger partial charge in [-0.3, -0.25) is 9.36 Å². The average Bonchev–Trinajstić information content (AvgIpc) is 3.01. The molecule has 0 spiro atoms. The molecule has 13 heteroatoms. The molecule has 7 atom stereocenters. The fraction of sp³-hybridized carbons (Fsp3) is 0.706. The summed E-state index contributed by atoms with van der Waals surface area (Å²) in [4.78, 5) is 31.4. The highest BCUT2D eigenvalue weighted by atomic mass is 16.6. The largest absolute Gasteiger partial charge is 0.454 e. The van der Waals surface area contributed by atoms with Gasteiger partial charge in [-0.2, -0.15) is 4.98 Å². The fourth-order valence-electron chi connectivity index (χ4n) is 3.41. The minimum atomic E-state index is -1.37. The van der Waals surface area contributed by atoms with Crippen LogP contribution in [0.2, 0.25) is 0 Å². The second-order valence-electron chi connectivity index (χ2n) is 8.16. The molecule has 2 aliphatic rings. The number of hydrogen-bond acceptors (Lipinski definition) is 10. The molecule has 0 saturated carbocycles. The molecule has 3 rings (SSSR count). The molecule has 4 N–H and O–H groups in total. The first-order valence-corrected chi connectivity index (χ1v) is 9.28. The van der Waals surface area contributed by atoms with Gasteiger partial charge < -0.3 is 30.2 Å². The predicted octanol–water partition coefficient (Wildman–Crippen LogP) is -0.520. The van der Waals surface area contributed by atoms with E-state index in [9.17, 15) is 19.8 Å². The van der Waals surface area contributed by atoms with Gasteiger partial charge in [0, 0.05) is 11.1 Å². The summed E-state index contributed by atoms with van der Waals surface area (Å²) >= 11 is 0. The van der Waals surface area contributed by atoms with Crippen molar-refractivity contribution in [3.8, 4) is 0 Å². The number of aliphatic hydroxyl groups is 2. The standard InChI is InChI=1S/C17H24N6O7/c1-17(2,3)15(26)30-13-12-11(9(21-22-19)10(25)7(6-24)28-12)29-14(13)23-5-4-8(18)20-16(23)27/h4-5,7,9-14,24-25H,6H2,1-3H3,(H2,18,20,27)/t7-,9-,10+,11-,12-,13-,14-/m1/s1. The molecule has 0 aliphatic carbocycles. The predicted molar refractivity (Wildman–Crippen MR) is 101 cm³/mol. The molecule has 0 unspecified atom stereocenters. The highest BCUT2D eigenvalue weighted by Gasteiger charge is 2.58. The van der Waals surface area contributed by atoms with Crippen LogP contribution in [0.1, 0.15) is 27.0 Å². The van der Waals surface area contributed by atoms with Crippen molar-refractivity contribution in [2.45, 2.75) is 63.6 Å². The number of nitrogens with two attached hydrogens (primary N) is 1. The van der Waals surface area contributed by atoms with Crippen LogP contribution < -0.4 is 11.4 Å². The Kier molecular flexibility index (Phi) is 6.01. The van der Waals surface area contributed by atoms with Gasteiger partial charge in [-0.05, 0) is 32.4 Å². The molecule has 3 heterocycles. The van der Waals surface area contributed by atoms with Crippen LogP contribution in [0.25, 0.3) is 10.4 Å². The Morgan fingerprint density at radius 2 is 2.13 bits per heavy atom. The third kappa shape index (κ3) is 3.98. The first-order chi connectivity index (χ1) is 14.1. The molecule has 164 valence electrons. The van der Waals surface area contributed by atoms with E-state index in [2.05, 4.69) is 15.0 Å². The van der Waals surface area contributed by atoms with Crippen LogP contribution in [0.15, 0.2) is 22.2 Å². The average molecular weight is 424 g/mol. The van der Waals surface area contributed by atoms with Gasteiger partial charge >= 0.3 is 11.7 Å². The number of ether oxygens (including phenoxy) is 3. The summed E-state index contributed by atoms with van der Waals surface area (Å²) in [6, 6.07) is 0.219. The molecular weight excluding hydrogens is 400 g/mol. The second-order valence-corrected chi connectivity index (χ2v) is 8.16. The molecule has 30 heavy (non-hydrogen) atoms. The fourth-order valence-corrected chi connectivity index (χ4v) is 3.41. The van der Waals surface area contributed by atoms with E-state index < -0.39 is 66.5 Å². The maximum atomic E-state index is 12.6. The van der Waals surface area contributed by atoms with Crippen molar-refractivity contribution in [1.82, 2.24) is 9.55 Å². The number of carbonyl (C=O) groups excluding carboxylic acids is 1. The van der Waals surface area contributed by atoms with Gasteiger partial charge in [-0.25, -0.2) is 4.79 Å². The van der Waals surface area contributed by atoms with Crippen molar-refractivity contribution in [3.63, 3.8) is 0 Å². The van der Waals surface area contributed by atoms with E-state index in [1.807, 2.05) is 0 Å². The molecule has 2 fully saturated rings. The van der Waals surface area contributed by atoms with Crippen LogP contribution in [0.3, 0.4) is 0 Å². The first-order valence-electron chi connectivity index (χ1n) is 9.28. The molecule has 0 bridgehead atoms. The summed E-state index contributed by atoms with van der Waals surface area (Å²) in [5.74, 6) is -0.595. The van der Waals surface area contributed by atoms with Crippen LogP contribution in [-0.4, -0.2) is 68.9 Å². The number of aliphatic hydroxyl groups excluding tert-OH is 2. The monoisotopic (exact) mass is 424 g/mol. The Hall–Kier alpha value is -2.70. The Morgan fingerprint density at radius 3 is 2.70 bits per heavy atom. The third-order valence-corrected chi connectivity index (χ3v) is 4.97. The zero-order valence-corrected chi connectivity index (χ0v) is 16.7. The number of aromatic nitrogens is 2. The lowest BCUT2D eigenvalue weighted by Gasteiger charge is -2.39. The maximum Gasteiger partial charge on any atom is 0.351 e. The second kappa shape index (κ2) is 8.20. The van der Waals surface area contributed by atoms with Gasteiger partial charge in [0.05, 0.1) is 24.2 Å². The maximum absolute atomic E-state index is 12.6. The summed E-state index contributed by atoms with van der Waals surface area (Å²) < 4.78 is 18.4. The van der Waals surface area contributed by atoms with E-state index in [1.165, 1.54) is 12.3 Å². The van der Waals surface area contributed by atoms with Crippen molar-refractivity contribution >= 4 is 11.8 Å². The smallest absolute Gasteiger partial charge is 0.351 e. The van der Waals surface area contributed by atoms with Crippen molar-refractivity contribution < 1.29 is 29.2 Å². The molecule has 0 radical (unpaired) electrons. The van der Waals surface area contributed by atoms with E-state index in [1.54, 1.807) is 20.8 Å². The number of esters is 1. The number of hydrogen-bond donors (Lipinski definition) is 3. The molecule has 1 aromatic heterocycles. The van der Waals surface area contributed by atoms with Crippen molar-refractivity contribution in [2.24, 2.45) is 10.5 Å². The van der Waals surface area contributed by atoms with Crippen molar-refractivity contribution in [1.29, 1.82) is 0 Å². The summed E-state index contributed by atoms with van der Waals surface area (Å²) in [6.07, 6.45) is -5.57. The number of azide groups is 1. The highest BCUT2D eigenvalue weighted by Crippen LogP contribution is 2.41. The first kappa shape index (κ1) is 22.0. The molecule has 1 aromatic rings. The van der Waals surface area contributed by atoms with Crippen molar-refractivity contribution in [3.05, 3.63) is 33.2 Å². The van der Waals surface area contributed by atoms with Gasteiger partial charge in [0.15, 0.2) is 12.3 Å². The van der Waals surface area contributed by atoms with Crippen LogP contribution in [-0.2, 0) is 19.0 Å². The Balaban J connectivity index is 2.06. The summed E-state index contributed by atoms with van der Waals surface area (Å²) in [6.45, 7) is 4.38. The topological polar surface area (TPSA) is 195 Å². The lowest BCUT2D eigenvalue weighted by atomic mass is 9.91. The number of anilines is 1. The third-order valence-electron chi connectivity index (χ3n) is 4.97. The lowest BCUT2D eigenvalue weighted by Crippen LogP contribution is -2.58. The van der Waals surface area contributed by atoms with Gasteiger partial charge in [0.25, 0.3) is 0 Å². The molecule has 0 aromatic carbocycles. The van der Waals surface area contributed by atoms with Crippen LogP contribution in [0, 0.1) is 5.41 Å². The number of nitrogens with zero attached hydrogens (tertiary/aromatic N) is 5. The zero-order valence-electron chi connectivity index (χ0n) is 16.7. The molecule has 0 amide bonds. The molecule has 2 saturated heterocycles. The Bertz CT molecular complexity index is 909. The van der Waals surface area contributed by atoms with Crippen LogP contribution in [0.4, 0.5) is 5.82 Å². The normalized spacial score (nSPS) is 33.4. The zero-order chi connectivity index (χ0) is 22.2. The summed E-state index contributed by atoms with van der Waals surface area (Å²) in [5.41, 5.74) is 12.8. The quantitative estimate of drug-likeness (QED) is 0.246. The number of rotatable bonds is 4. The molecule has 13 nitrogen and oxygen atoms in total. The minimum absolute atomic E-state index is 0.00567. The summed E-state index contributed by atoms with van der Waals surface area (Å²) in [5, 5.41) is 23.6. The van der Waals surface area contributed by atoms with Gasteiger partial charge in [0.2, 0.25) is 0 Å². The van der Waals surface area contributed by atoms with Gasteiger partial charge in [0.1, 0.15) is 24.1 Å². The van der Waals surface area contributed by atoms with E-state index in [0.717, 1.165) is 4.57 Å². The summed E-state index contributed by atoms with van der Waals surface area (Å²) in [7, 11) is 0.